The third-order valence-electron chi connectivity index (χ3n) is 4.02. The third kappa shape index (κ3) is 4.61. The molecule has 2 atom stereocenters. The monoisotopic (exact) mass is 297 g/mol. The smallest absolute Gasteiger partial charge is 0.317 e. The van der Waals surface area contributed by atoms with Crippen LogP contribution in [0.2, 0.25) is 0 Å². The Balaban J connectivity index is 1.61. The number of urea groups is 1. The second-order valence-electron chi connectivity index (χ2n) is 6.00. The number of carboxylic acid groups (broad SMARTS) is 1. The van der Waals surface area contributed by atoms with E-state index in [9.17, 15) is 14.4 Å². The van der Waals surface area contributed by atoms with Crippen LogP contribution in [-0.2, 0) is 9.59 Å². The maximum Gasteiger partial charge on any atom is 0.317 e. The van der Waals surface area contributed by atoms with Crippen molar-refractivity contribution in [3.05, 3.63) is 0 Å². The van der Waals surface area contributed by atoms with Gasteiger partial charge in [0.2, 0.25) is 5.91 Å². The van der Waals surface area contributed by atoms with Gasteiger partial charge in [0.05, 0.1) is 5.92 Å². The van der Waals surface area contributed by atoms with E-state index in [0.29, 0.717) is 32.0 Å². The molecular weight excluding hydrogens is 274 g/mol. The molecule has 3 amide bonds. The minimum atomic E-state index is -0.852. The summed E-state index contributed by atoms with van der Waals surface area (Å²) in [5.74, 6) is -1.33. The molecule has 7 heteroatoms. The van der Waals surface area contributed by atoms with Gasteiger partial charge in [-0.25, -0.2) is 4.79 Å². The van der Waals surface area contributed by atoms with E-state index in [0.717, 1.165) is 12.8 Å². The molecule has 1 saturated heterocycles. The zero-order chi connectivity index (χ0) is 15.4. The summed E-state index contributed by atoms with van der Waals surface area (Å²) < 4.78 is 0. The first-order valence-corrected chi connectivity index (χ1v) is 7.52. The molecule has 0 spiro atoms. The van der Waals surface area contributed by atoms with Crippen LogP contribution >= 0.6 is 0 Å². The number of hydrogen-bond acceptors (Lipinski definition) is 3. The number of amides is 3. The standard InChI is InChI=1S/C14H23N3O4/c1-9-7-17(8-11(9)13(19)20)14(21)15-6-2-3-12(18)16-10-4-5-10/h9-11H,2-8H2,1H3,(H,15,21)(H,16,18)(H,19,20)/t9-,11-/m1/s1. The summed E-state index contributed by atoms with van der Waals surface area (Å²) in [6.07, 6.45) is 3.14. The number of carboxylic acids is 1. The van der Waals surface area contributed by atoms with Crippen LogP contribution in [0.5, 0.6) is 0 Å². The molecule has 21 heavy (non-hydrogen) atoms. The summed E-state index contributed by atoms with van der Waals surface area (Å²) in [5.41, 5.74) is 0. The van der Waals surface area contributed by atoms with E-state index in [1.165, 1.54) is 4.90 Å². The van der Waals surface area contributed by atoms with Crippen LogP contribution in [0.4, 0.5) is 4.79 Å². The topological polar surface area (TPSA) is 98.7 Å². The number of hydrogen-bond donors (Lipinski definition) is 3. The van der Waals surface area contributed by atoms with Crippen LogP contribution in [-0.4, -0.2) is 53.6 Å². The second-order valence-corrected chi connectivity index (χ2v) is 6.00. The Morgan fingerprint density at radius 3 is 2.52 bits per heavy atom. The third-order valence-corrected chi connectivity index (χ3v) is 4.02. The number of nitrogens with zero attached hydrogens (tertiary/aromatic N) is 1. The zero-order valence-electron chi connectivity index (χ0n) is 12.3. The fourth-order valence-corrected chi connectivity index (χ4v) is 2.54. The van der Waals surface area contributed by atoms with E-state index in [2.05, 4.69) is 10.6 Å². The Morgan fingerprint density at radius 1 is 1.24 bits per heavy atom. The first-order chi connectivity index (χ1) is 9.97. The van der Waals surface area contributed by atoms with Gasteiger partial charge in [-0.3, -0.25) is 9.59 Å². The molecule has 0 unspecified atom stereocenters. The molecule has 0 bridgehead atoms. The first-order valence-electron chi connectivity index (χ1n) is 7.52. The largest absolute Gasteiger partial charge is 0.481 e. The Morgan fingerprint density at radius 2 is 1.95 bits per heavy atom. The van der Waals surface area contributed by atoms with Gasteiger partial charge in [0.1, 0.15) is 0 Å². The molecule has 0 aromatic carbocycles. The first kappa shape index (κ1) is 15.6. The van der Waals surface area contributed by atoms with E-state index in [4.69, 9.17) is 5.11 Å². The summed E-state index contributed by atoms with van der Waals surface area (Å²) in [6, 6.07) is 0.124. The molecule has 0 aromatic rings. The van der Waals surface area contributed by atoms with Crippen LogP contribution in [0.15, 0.2) is 0 Å². The van der Waals surface area contributed by atoms with Crippen molar-refractivity contribution in [1.82, 2.24) is 15.5 Å². The van der Waals surface area contributed by atoms with Crippen molar-refractivity contribution < 1.29 is 19.5 Å². The molecule has 3 N–H and O–H groups in total. The lowest BCUT2D eigenvalue weighted by molar-refractivity contribution is -0.142. The van der Waals surface area contributed by atoms with E-state index >= 15 is 0 Å². The van der Waals surface area contributed by atoms with E-state index in [1.54, 1.807) is 0 Å². The molecule has 1 aliphatic heterocycles. The Hall–Kier alpha value is -1.79. The predicted molar refractivity (Wildman–Crippen MR) is 75.7 cm³/mol. The van der Waals surface area contributed by atoms with Gasteiger partial charge in [-0.05, 0) is 25.2 Å². The van der Waals surface area contributed by atoms with Crippen molar-refractivity contribution in [2.24, 2.45) is 11.8 Å². The van der Waals surface area contributed by atoms with Crippen LogP contribution in [0.3, 0.4) is 0 Å². The zero-order valence-corrected chi connectivity index (χ0v) is 12.3. The van der Waals surface area contributed by atoms with Crippen LogP contribution < -0.4 is 10.6 Å². The van der Waals surface area contributed by atoms with Crippen molar-refractivity contribution >= 4 is 17.9 Å². The maximum absolute atomic E-state index is 11.9. The van der Waals surface area contributed by atoms with Gasteiger partial charge >= 0.3 is 12.0 Å². The Bertz CT molecular complexity index is 422. The van der Waals surface area contributed by atoms with Gasteiger partial charge in [-0.15, -0.1) is 0 Å². The van der Waals surface area contributed by atoms with Crippen molar-refractivity contribution in [3.8, 4) is 0 Å². The minimum Gasteiger partial charge on any atom is -0.481 e. The molecule has 7 nitrogen and oxygen atoms in total. The van der Waals surface area contributed by atoms with Crippen LogP contribution in [0.1, 0.15) is 32.6 Å². The van der Waals surface area contributed by atoms with E-state index < -0.39 is 11.9 Å². The fourth-order valence-electron chi connectivity index (χ4n) is 2.54. The summed E-state index contributed by atoms with van der Waals surface area (Å²) in [7, 11) is 0. The SMILES string of the molecule is C[C@@H]1CN(C(=O)NCCCC(=O)NC2CC2)C[C@H]1C(=O)O. The molecule has 118 valence electrons. The average Bonchev–Trinajstić information content (AvgIpc) is 3.13. The highest BCUT2D eigenvalue weighted by Crippen LogP contribution is 2.23. The van der Waals surface area contributed by atoms with Gasteiger partial charge in [0.25, 0.3) is 0 Å². The van der Waals surface area contributed by atoms with E-state index in [-0.39, 0.29) is 24.4 Å². The average molecular weight is 297 g/mol. The lowest BCUT2D eigenvalue weighted by Gasteiger charge is -2.16. The molecule has 1 saturated carbocycles. The van der Waals surface area contributed by atoms with Crippen molar-refractivity contribution in [2.45, 2.75) is 38.6 Å². The Kier molecular flexibility index (Phi) is 5.03. The number of nitrogens with one attached hydrogen (secondary N) is 2. The Labute approximate surface area is 124 Å². The van der Waals surface area contributed by atoms with Crippen LogP contribution in [0.25, 0.3) is 0 Å². The molecule has 2 rings (SSSR count). The highest BCUT2D eigenvalue weighted by molar-refractivity contribution is 5.78. The summed E-state index contributed by atoms with van der Waals surface area (Å²) >= 11 is 0. The summed E-state index contributed by atoms with van der Waals surface area (Å²) in [6.45, 7) is 2.99. The van der Waals surface area contributed by atoms with Gasteiger partial charge < -0.3 is 20.6 Å². The predicted octanol–water partition coefficient (Wildman–Crippen LogP) is 0.407. The van der Waals surface area contributed by atoms with Gasteiger partial charge in [-0.2, -0.15) is 0 Å². The number of aliphatic carboxylic acids is 1. The molecule has 1 heterocycles. The molecule has 2 aliphatic rings. The summed E-state index contributed by atoms with van der Waals surface area (Å²) in [4.78, 5) is 35.9. The molecule has 2 fully saturated rings. The summed E-state index contributed by atoms with van der Waals surface area (Å²) in [5, 5.41) is 14.7. The number of carbonyl (C=O) groups is 3. The van der Waals surface area contributed by atoms with Crippen molar-refractivity contribution in [2.75, 3.05) is 19.6 Å². The lowest BCUT2D eigenvalue weighted by atomic mass is 9.99. The highest BCUT2D eigenvalue weighted by Gasteiger charge is 2.36. The van der Waals surface area contributed by atoms with Crippen molar-refractivity contribution in [3.63, 3.8) is 0 Å². The number of likely N-dealkylation sites (tertiary alicyclic amines) is 1. The molecule has 1 aliphatic carbocycles. The van der Waals surface area contributed by atoms with Crippen molar-refractivity contribution in [1.29, 1.82) is 0 Å². The molecule has 0 aromatic heterocycles. The minimum absolute atomic E-state index is 0.0300. The number of carbonyl (C=O) groups excluding carboxylic acids is 2. The quantitative estimate of drug-likeness (QED) is 0.618. The second kappa shape index (κ2) is 6.78. The van der Waals surface area contributed by atoms with Gasteiger partial charge in [-0.1, -0.05) is 6.92 Å². The highest BCUT2D eigenvalue weighted by atomic mass is 16.4. The lowest BCUT2D eigenvalue weighted by Crippen LogP contribution is -2.39. The normalized spacial score (nSPS) is 24.7. The fraction of sp³-hybridized carbons (Fsp3) is 0.786. The van der Waals surface area contributed by atoms with E-state index in [1.807, 2.05) is 6.92 Å². The molecule has 0 radical (unpaired) electrons. The number of rotatable bonds is 6. The maximum atomic E-state index is 11.9. The van der Waals surface area contributed by atoms with Crippen LogP contribution in [0, 0.1) is 11.8 Å². The van der Waals surface area contributed by atoms with Gasteiger partial charge in [0.15, 0.2) is 0 Å². The van der Waals surface area contributed by atoms with Gasteiger partial charge in [0, 0.05) is 32.1 Å². The molecular formula is C14H23N3O4.